The first-order chi connectivity index (χ1) is 7.65. The molecule has 3 N–H and O–H groups in total. The summed E-state index contributed by atoms with van der Waals surface area (Å²) in [5.74, 6) is -0.747. The zero-order valence-corrected chi connectivity index (χ0v) is 9.26. The topological polar surface area (TPSA) is 83.6 Å². The number of hydrogen-bond acceptors (Lipinski definition) is 3. The minimum Gasteiger partial charge on any atom is -0.480 e. The lowest BCUT2D eigenvalue weighted by Gasteiger charge is -2.32. The zero-order chi connectivity index (χ0) is 11.7. The van der Waals surface area contributed by atoms with Crippen LogP contribution in [0.4, 0.5) is 0 Å². The molecule has 1 saturated heterocycles. The molecule has 2 aliphatic rings. The molecule has 16 heavy (non-hydrogen) atoms. The molecule has 1 heterocycles. The number of likely N-dealkylation sites (tertiary alicyclic amines) is 1. The van der Waals surface area contributed by atoms with Crippen LogP contribution in [-0.4, -0.2) is 40.5 Å². The molecule has 0 unspecified atom stereocenters. The average molecular weight is 226 g/mol. The largest absolute Gasteiger partial charge is 0.480 e. The van der Waals surface area contributed by atoms with Crippen LogP contribution in [0.1, 0.15) is 32.1 Å². The van der Waals surface area contributed by atoms with Gasteiger partial charge in [-0.05, 0) is 25.2 Å². The van der Waals surface area contributed by atoms with Crippen LogP contribution in [0.25, 0.3) is 0 Å². The predicted molar refractivity (Wildman–Crippen MR) is 57.7 cm³/mol. The van der Waals surface area contributed by atoms with E-state index in [4.69, 9.17) is 10.8 Å². The Balaban J connectivity index is 2.20. The molecule has 0 bridgehead atoms. The Hall–Kier alpha value is -1.10. The number of carbonyl (C=O) groups is 2. The third-order valence-electron chi connectivity index (χ3n) is 3.84. The smallest absolute Gasteiger partial charge is 0.326 e. The molecule has 2 rings (SSSR count). The summed E-state index contributed by atoms with van der Waals surface area (Å²) in [6.45, 7) is -0.0903. The van der Waals surface area contributed by atoms with Crippen molar-refractivity contribution in [2.75, 3.05) is 6.54 Å². The molecule has 0 aromatic rings. The van der Waals surface area contributed by atoms with Crippen molar-refractivity contribution < 1.29 is 14.7 Å². The number of amides is 1. The van der Waals surface area contributed by atoms with Crippen LogP contribution in [0.15, 0.2) is 0 Å². The Morgan fingerprint density at radius 1 is 1.31 bits per heavy atom. The van der Waals surface area contributed by atoms with Gasteiger partial charge in [-0.15, -0.1) is 0 Å². The number of rotatable bonds is 2. The maximum absolute atomic E-state index is 11.7. The van der Waals surface area contributed by atoms with Crippen molar-refractivity contribution in [1.29, 1.82) is 0 Å². The van der Waals surface area contributed by atoms with Gasteiger partial charge in [0.2, 0.25) is 5.91 Å². The Labute approximate surface area is 94.6 Å². The van der Waals surface area contributed by atoms with E-state index in [-0.39, 0.29) is 18.5 Å². The van der Waals surface area contributed by atoms with E-state index in [2.05, 4.69) is 0 Å². The molecule has 2 fully saturated rings. The molecule has 1 aliphatic heterocycles. The van der Waals surface area contributed by atoms with Crippen molar-refractivity contribution in [3.8, 4) is 0 Å². The number of fused-ring (bicyclic) bond motifs is 1. The number of aliphatic carboxylic acids is 1. The molecule has 1 saturated carbocycles. The maximum Gasteiger partial charge on any atom is 0.326 e. The normalized spacial score (nSPS) is 33.6. The van der Waals surface area contributed by atoms with E-state index in [1.54, 1.807) is 0 Å². The highest BCUT2D eigenvalue weighted by Gasteiger charge is 2.46. The molecule has 0 aromatic carbocycles. The Morgan fingerprint density at radius 2 is 2.00 bits per heavy atom. The summed E-state index contributed by atoms with van der Waals surface area (Å²) in [7, 11) is 0. The Kier molecular flexibility index (Phi) is 3.14. The van der Waals surface area contributed by atoms with Crippen LogP contribution in [0.3, 0.4) is 0 Å². The van der Waals surface area contributed by atoms with Crippen LogP contribution in [0.5, 0.6) is 0 Å². The zero-order valence-electron chi connectivity index (χ0n) is 9.26. The maximum atomic E-state index is 11.7. The van der Waals surface area contributed by atoms with Gasteiger partial charge in [-0.3, -0.25) is 4.79 Å². The van der Waals surface area contributed by atoms with Gasteiger partial charge in [-0.2, -0.15) is 0 Å². The highest BCUT2D eigenvalue weighted by atomic mass is 16.4. The van der Waals surface area contributed by atoms with Gasteiger partial charge in [0.25, 0.3) is 0 Å². The first kappa shape index (κ1) is 11.4. The molecule has 1 amide bonds. The summed E-state index contributed by atoms with van der Waals surface area (Å²) >= 11 is 0. The standard InChI is InChI=1S/C11H18N2O3/c12-6-10(14)13-8-4-2-1-3-7(8)5-9(13)11(15)16/h7-9H,1-6,12H2,(H,15,16)/t7-,8-,9-/m0/s1. The molecular formula is C11H18N2O3. The van der Waals surface area contributed by atoms with E-state index in [0.29, 0.717) is 12.3 Å². The second-order valence-corrected chi connectivity index (χ2v) is 4.71. The summed E-state index contributed by atoms with van der Waals surface area (Å²) in [5.41, 5.74) is 5.35. The van der Waals surface area contributed by atoms with Crippen LogP contribution in [0.2, 0.25) is 0 Å². The lowest BCUT2D eigenvalue weighted by atomic mass is 9.85. The fourth-order valence-corrected chi connectivity index (χ4v) is 3.14. The minimum atomic E-state index is -0.892. The molecule has 1 aliphatic carbocycles. The number of carboxylic acids is 1. The molecule has 5 heteroatoms. The van der Waals surface area contributed by atoms with Crippen molar-refractivity contribution in [2.45, 2.75) is 44.2 Å². The molecule has 0 spiro atoms. The number of nitrogens with two attached hydrogens (primary N) is 1. The minimum absolute atomic E-state index is 0.0903. The van der Waals surface area contributed by atoms with E-state index in [1.807, 2.05) is 0 Å². The fourth-order valence-electron chi connectivity index (χ4n) is 3.14. The van der Waals surface area contributed by atoms with Crippen molar-refractivity contribution in [2.24, 2.45) is 11.7 Å². The SMILES string of the molecule is NCC(=O)N1[C@H](C(=O)O)C[C@@H]2CCCC[C@@H]21. The summed E-state index contributed by atoms with van der Waals surface area (Å²) in [4.78, 5) is 24.4. The summed E-state index contributed by atoms with van der Waals surface area (Å²) in [6, 6.07) is -0.532. The van der Waals surface area contributed by atoms with Crippen molar-refractivity contribution >= 4 is 11.9 Å². The lowest BCUT2D eigenvalue weighted by Crippen LogP contribution is -2.48. The summed E-state index contributed by atoms with van der Waals surface area (Å²) in [6.07, 6.45) is 4.81. The predicted octanol–water partition coefficient (Wildman–Crippen LogP) is 0.189. The molecule has 3 atom stereocenters. The molecule has 0 radical (unpaired) electrons. The number of nitrogens with zero attached hydrogens (tertiary/aromatic N) is 1. The summed E-state index contributed by atoms with van der Waals surface area (Å²) in [5, 5.41) is 9.14. The third kappa shape index (κ3) is 1.80. The van der Waals surface area contributed by atoms with E-state index < -0.39 is 12.0 Å². The van der Waals surface area contributed by atoms with E-state index >= 15 is 0 Å². The van der Waals surface area contributed by atoms with E-state index in [0.717, 1.165) is 25.7 Å². The van der Waals surface area contributed by atoms with Crippen LogP contribution >= 0.6 is 0 Å². The number of carboxylic acid groups (broad SMARTS) is 1. The van der Waals surface area contributed by atoms with Crippen molar-refractivity contribution in [3.05, 3.63) is 0 Å². The quantitative estimate of drug-likeness (QED) is 0.704. The fraction of sp³-hybridized carbons (Fsp3) is 0.818. The molecule has 5 nitrogen and oxygen atoms in total. The highest BCUT2D eigenvalue weighted by Crippen LogP contribution is 2.39. The van der Waals surface area contributed by atoms with Gasteiger partial charge in [-0.25, -0.2) is 4.79 Å². The Bertz CT molecular complexity index is 306. The third-order valence-corrected chi connectivity index (χ3v) is 3.84. The monoisotopic (exact) mass is 226 g/mol. The van der Waals surface area contributed by atoms with Crippen molar-refractivity contribution in [3.63, 3.8) is 0 Å². The first-order valence-corrected chi connectivity index (χ1v) is 5.89. The van der Waals surface area contributed by atoms with Gasteiger partial charge in [0.05, 0.1) is 6.54 Å². The van der Waals surface area contributed by atoms with Gasteiger partial charge in [0.15, 0.2) is 0 Å². The van der Waals surface area contributed by atoms with Gasteiger partial charge in [0, 0.05) is 6.04 Å². The summed E-state index contributed by atoms with van der Waals surface area (Å²) < 4.78 is 0. The van der Waals surface area contributed by atoms with Crippen LogP contribution in [0, 0.1) is 5.92 Å². The van der Waals surface area contributed by atoms with Gasteiger partial charge in [0.1, 0.15) is 6.04 Å². The van der Waals surface area contributed by atoms with Crippen LogP contribution < -0.4 is 5.73 Å². The van der Waals surface area contributed by atoms with Gasteiger partial charge < -0.3 is 15.7 Å². The Morgan fingerprint density at radius 3 is 2.62 bits per heavy atom. The van der Waals surface area contributed by atoms with Crippen molar-refractivity contribution in [1.82, 2.24) is 4.90 Å². The number of hydrogen-bond donors (Lipinski definition) is 2. The second-order valence-electron chi connectivity index (χ2n) is 4.71. The van der Waals surface area contributed by atoms with E-state index in [9.17, 15) is 9.59 Å². The molecule has 90 valence electrons. The van der Waals surface area contributed by atoms with Gasteiger partial charge >= 0.3 is 5.97 Å². The lowest BCUT2D eigenvalue weighted by molar-refractivity contribution is -0.149. The van der Waals surface area contributed by atoms with E-state index in [1.165, 1.54) is 4.90 Å². The molecule has 0 aromatic heterocycles. The molecular weight excluding hydrogens is 208 g/mol. The first-order valence-electron chi connectivity index (χ1n) is 5.89. The average Bonchev–Trinajstić information content (AvgIpc) is 2.67. The second kappa shape index (κ2) is 4.41. The highest BCUT2D eigenvalue weighted by molar-refractivity contribution is 5.85. The number of carbonyl (C=O) groups excluding carboxylic acids is 1. The van der Waals surface area contributed by atoms with Crippen LogP contribution in [-0.2, 0) is 9.59 Å². The van der Waals surface area contributed by atoms with Gasteiger partial charge in [-0.1, -0.05) is 12.8 Å².